The number of aryl methyl sites for hydroxylation is 1. The lowest BCUT2D eigenvalue weighted by atomic mass is 10.0. The highest BCUT2D eigenvalue weighted by molar-refractivity contribution is 5.90. The molecule has 3 heterocycles. The van der Waals surface area contributed by atoms with Crippen molar-refractivity contribution >= 4 is 16.9 Å². The number of nitrogens with zero attached hydrogens (tertiary/aromatic N) is 3. The van der Waals surface area contributed by atoms with Gasteiger partial charge in [0.2, 0.25) is 0 Å². The number of fused-ring (bicyclic) bond motifs is 1. The van der Waals surface area contributed by atoms with E-state index in [0.29, 0.717) is 18.0 Å². The Balaban J connectivity index is 1.82. The smallest absolute Gasteiger partial charge is 0.336 e. The van der Waals surface area contributed by atoms with Gasteiger partial charge < -0.3 is 10.4 Å². The first kappa shape index (κ1) is 15.8. The summed E-state index contributed by atoms with van der Waals surface area (Å²) in [7, 11) is 0. The molecule has 1 aliphatic heterocycles. The van der Waals surface area contributed by atoms with Gasteiger partial charge in [-0.1, -0.05) is 11.6 Å². The van der Waals surface area contributed by atoms with E-state index in [-0.39, 0.29) is 5.56 Å². The van der Waals surface area contributed by atoms with Crippen LogP contribution in [0, 0.1) is 6.92 Å². The molecule has 1 aliphatic rings. The lowest BCUT2D eigenvalue weighted by Gasteiger charge is -2.10. The fourth-order valence-corrected chi connectivity index (χ4v) is 3.53. The van der Waals surface area contributed by atoms with Gasteiger partial charge in [-0.15, -0.1) is 0 Å². The van der Waals surface area contributed by atoms with Gasteiger partial charge in [-0.2, -0.15) is 5.10 Å². The third-order valence-corrected chi connectivity index (χ3v) is 4.81. The Morgan fingerprint density at radius 1 is 1.40 bits per heavy atom. The van der Waals surface area contributed by atoms with Crippen molar-refractivity contribution in [2.45, 2.75) is 25.8 Å². The van der Waals surface area contributed by atoms with Crippen LogP contribution in [0.3, 0.4) is 0 Å². The summed E-state index contributed by atoms with van der Waals surface area (Å²) in [6.07, 6.45) is 4.65. The zero-order valence-corrected chi connectivity index (χ0v) is 14.1. The number of carboxylic acids is 1. The first-order valence-corrected chi connectivity index (χ1v) is 8.48. The van der Waals surface area contributed by atoms with Crippen LogP contribution in [0.4, 0.5) is 0 Å². The molecule has 0 radical (unpaired) electrons. The van der Waals surface area contributed by atoms with Gasteiger partial charge in [0.25, 0.3) is 0 Å². The number of carboxylic acid groups (broad SMARTS) is 1. The molecule has 0 unspecified atom stereocenters. The second-order valence-corrected chi connectivity index (χ2v) is 6.57. The lowest BCUT2D eigenvalue weighted by Crippen LogP contribution is -2.14. The zero-order chi connectivity index (χ0) is 17.4. The molecule has 1 aromatic carbocycles. The van der Waals surface area contributed by atoms with Gasteiger partial charge in [-0.25, -0.2) is 4.79 Å². The number of rotatable bonds is 4. The Bertz CT molecular complexity index is 942. The first-order chi connectivity index (χ1) is 12.1. The van der Waals surface area contributed by atoms with E-state index in [1.807, 2.05) is 0 Å². The maximum Gasteiger partial charge on any atom is 0.336 e. The summed E-state index contributed by atoms with van der Waals surface area (Å²) in [4.78, 5) is 15.6. The first-order valence-electron chi connectivity index (χ1n) is 8.48. The molecule has 6 nitrogen and oxygen atoms in total. The van der Waals surface area contributed by atoms with Crippen molar-refractivity contribution in [1.29, 1.82) is 0 Å². The monoisotopic (exact) mass is 336 g/mol. The third kappa shape index (κ3) is 2.89. The zero-order valence-electron chi connectivity index (χ0n) is 14.1. The molecule has 0 saturated carbocycles. The molecule has 2 aromatic heterocycles. The van der Waals surface area contributed by atoms with E-state index in [0.717, 1.165) is 36.1 Å². The van der Waals surface area contributed by atoms with E-state index in [2.05, 4.69) is 40.1 Å². The van der Waals surface area contributed by atoms with Gasteiger partial charge >= 0.3 is 5.97 Å². The van der Waals surface area contributed by atoms with Crippen LogP contribution >= 0.6 is 0 Å². The van der Waals surface area contributed by atoms with Crippen molar-refractivity contribution in [3.63, 3.8) is 0 Å². The molecule has 0 amide bonds. The fourth-order valence-electron chi connectivity index (χ4n) is 3.53. The highest BCUT2D eigenvalue weighted by Gasteiger charge is 2.22. The lowest BCUT2D eigenvalue weighted by molar-refractivity contribution is 0.0695. The molecule has 1 fully saturated rings. The highest BCUT2D eigenvalue weighted by atomic mass is 16.4. The second kappa shape index (κ2) is 6.29. The van der Waals surface area contributed by atoms with E-state index < -0.39 is 5.97 Å². The van der Waals surface area contributed by atoms with Gasteiger partial charge in [0, 0.05) is 30.7 Å². The minimum Gasteiger partial charge on any atom is -0.478 e. The van der Waals surface area contributed by atoms with E-state index in [1.54, 1.807) is 12.3 Å². The molecule has 25 heavy (non-hydrogen) atoms. The summed E-state index contributed by atoms with van der Waals surface area (Å²) < 4.78 is 2.10. The number of carbonyl (C=O) groups is 1. The molecule has 6 heteroatoms. The highest BCUT2D eigenvalue weighted by Crippen LogP contribution is 2.27. The summed E-state index contributed by atoms with van der Waals surface area (Å²) >= 11 is 0. The molecule has 0 spiro atoms. The van der Waals surface area contributed by atoms with Crippen molar-refractivity contribution in [2.24, 2.45) is 0 Å². The van der Waals surface area contributed by atoms with Gasteiger partial charge in [0.15, 0.2) is 0 Å². The molecule has 2 N–H and O–H groups in total. The largest absolute Gasteiger partial charge is 0.478 e. The van der Waals surface area contributed by atoms with Crippen LogP contribution in [-0.2, 0) is 6.42 Å². The predicted octanol–water partition coefficient (Wildman–Crippen LogP) is 2.56. The summed E-state index contributed by atoms with van der Waals surface area (Å²) in [5.41, 5.74) is 4.15. The molecule has 128 valence electrons. The van der Waals surface area contributed by atoms with E-state index >= 15 is 0 Å². The Kier molecular flexibility index (Phi) is 3.97. The van der Waals surface area contributed by atoms with Gasteiger partial charge in [0.05, 0.1) is 22.8 Å². The van der Waals surface area contributed by atoms with Gasteiger partial charge in [-0.05, 0) is 43.7 Å². The van der Waals surface area contributed by atoms with Crippen molar-refractivity contribution in [1.82, 2.24) is 20.1 Å². The molecule has 0 bridgehead atoms. The number of hydrogen-bond donors (Lipinski definition) is 2. The van der Waals surface area contributed by atoms with Crippen molar-refractivity contribution in [3.8, 4) is 0 Å². The molecular weight excluding hydrogens is 316 g/mol. The standard InChI is InChI=1S/C19H20N4O2/c1-12-2-3-18-16(8-12)17(22-23(18)14-4-6-21-11-14)9-13-10-20-7-5-15(13)19(24)25/h2-3,5,7-8,10,14,21H,4,6,9,11H2,1H3,(H,24,25)/t14-/m0/s1. The number of benzene rings is 1. The van der Waals surface area contributed by atoms with Crippen molar-refractivity contribution in [2.75, 3.05) is 13.1 Å². The Hall–Kier alpha value is -2.73. The molecule has 1 atom stereocenters. The number of hydrogen-bond acceptors (Lipinski definition) is 4. The quantitative estimate of drug-likeness (QED) is 0.765. The van der Waals surface area contributed by atoms with Crippen molar-refractivity contribution < 1.29 is 9.90 Å². The normalized spacial score (nSPS) is 17.2. The van der Waals surface area contributed by atoms with E-state index in [9.17, 15) is 9.90 Å². The van der Waals surface area contributed by atoms with Crippen LogP contribution in [0.1, 0.15) is 39.6 Å². The predicted molar refractivity (Wildman–Crippen MR) is 95.0 cm³/mol. The van der Waals surface area contributed by atoms with E-state index in [1.165, 1.54) is 11.8 Å². The second-order valence-electron chi connectivity index (χ2n) is 6.57. The Morgan fingerprint density at radius 2 is 2.28 bits per heavy atom. The number of nitrogens with one attached hydrogen (secondary N) is 1. The number of aromatic nitrogens is 3. The summed E-state index contributed by atoms with van der Waals surface area (Å²) in [6.45, 7) is 3.97. The maximum absolute atomic E-state index is 11.5. The Morgan fingerprint density at radius 3 is 3.04 bits per heavy atom. The molecule has 3 aromatic rings. The third-order valence-electron chi connectivity index (χ3n) is 4.81. The summed E-state index contributed by atoms with van der Waals surface area (Å²) in [6, 6.07) is 8.23. The maximum atomic E-state index is 11.5. The minimum atomic E-state index is -0.933. The molecule has 0 aliphatic carbocycles. The number of aromatic carboxylic acids is 1. The molecular formula is C19H20N4O2. The van der Waals surface area contributed by atoms with Crippen LogP contribution in [-0.4, -0.2) is 38.9 Å². The van der Waals surface area contributed by atoms with Crippen LogP contribution in [0.25, 0.3) is 10.9 Å². The number of pyridine rings is 1. The Labute approximate surface area is 145 Å². The molecule has 1 saturated heterocycles. The van der Waals surface area contributed by atoms with Crippen molar-refractivity contribution in [3.05, 3.63) is 59.0 Å². The van der Waals surface area contributed by atoms with Gasteiger partial charge in [-0.3, -0.25) is 9.67 Å². The van der Waals surface area contributed by atoms with E-state index in [4.69, 9.17) is 5.10 Å². The average molecular weight is 336 g/mol. The van der Waals surface area contributed by atoms with Crippen LogP contribution in [0.15, 0.2) is 36.7 Å². The average Bonchev–Trinajstić information content (AvgIpc) is 3.23. The SMILES string of the molecule is Cc1ccc2c(c1)c(Cc1cnccc1C(=O)O)nn2[C@H]1CCNC1. The summed E-state index contributed by atoms with van der Waals surface area (Å²) in [5, 5.41) is 18.8. The fraction of sp³-hybridized carbons (Fsp3) is 0.316. The van der Waals surface area contributed by atoms with Crippen LogP contribution < -0.4 is 5.32 Å². The van der Waals surface area contributed by atoms with Crippen LogP contribution in [0.2, 0.25) is 0 Å². The minimum absolute atomic E-state index is 0.285. The topological polar surface area (TPSA) is 80.0 Å². The summed E-state index contributed by atoms with van der Waals surface area (Å²) in [5.74, 6) is -0.933. The molecule has 4 rings (SSSR count). The van der Waals surface area contributed by atoms with Gasteiger partial charge in [0.1, 0.15) is 0 Å². The van der Waals surface area contributed by atoms with Crippen LogP contribution in [0.5, 0.6) is 0 Å².